The van der Waals surface area contributed by atoms with Crippen LogP contribution in [0.1, 0.15) is 49.8 Å². The van der Waals surface area contributed by atoms with Crippen LogP contribution < -0.4 is 5.32 Å². The highest BCUT2D eigenvalue weighted by atomic mass is 19.1. The summed E-state index contributed by atoms with van der Waals surface area (Å²) in [5, 5.41) is 13.0. The summed E-state index contributed by atoms with van der Waals surface area (Å²) in [6.07, 6.45) is 4.60. The van der Waals surface area contributed by atoms with Crippen LogP contribution in [-0.4, -0.2) is 17.8 Å². The van der Waals surface area contributed by atoms with Crippen molar-refractivity contribution in [3.05, 3.63) is 35.1 Å². The zero-order valence-electron chi connectivity index (χ0n) is 11.8. The highest BCUT2D eigenvalue weighted by Crippen LogP contribution is 2.26. The summed E-state index contributed by atoms with van der Waals surface area (Å²) in [5.41, 5.74) is 1.66. The number of rotatable bonds is 4. The quantitative estimate of drug-likeness (QED) is 0.875. The molecule has 2 rings (SSSR count). The molecule has 3 atom stereocenters. The predicted molar refractivity (Wildman–Crippen MR) is 75.5 cm³/mol. The Kier molecular flexibility index (Phi) is 4.94. The molecule has 0 aliphatic heterocycles. The van der Waals surface area contributed by atoms with Crippen LogP contribution in [0.15, 0.2) is 18.2 Å². The Morgan fingerprint density at radius 1 is 1.37 bits per heavy atom. The van der Waals surface area contributed by atoms with Gasteiger partial charge in [-0.3, -0.25) is 0 Å². The first kappa shape index (κ1) is 14.5. The van der Waals surface area contributed by atoms with Crippen LogP contribution in [0.5, 0.6) is 0 Å². The first-order chi connectivity index (χ1) is 9.11. The molecule has 0 bridgehead atoms. The van der Waals surface area contributed by atoms with E-state index in [-0.39, 0.29) is 18.5 Å². The summed E-state index contributed by atoms with van der Waals surface area (Å²) in [5.74, 6) is 0.194. The highest BCUT2D eigenvalue weighted by molar-refractivity contribution is 5.25. The van der Waals surface area contributed by atoms with Crippen molar-refractivity contribution in [2.45, 2.75) is 51.6 Å². The lowest BCUT2D eigenvalue weighted by Crippen LogP contribution is -2.41. The summed E-state index contributed by atoms with van der Waals surface area (Å²) in [4.78, 5) is 0. The van der Waals surface area contributed by atoms with Gasteiger partial charge in [0.15, 0.2) is 0 Å². The monoisotopic (exact) mass is 265 g/mol. The van der Waals surface area contributed by atoms with Gasteiger partial charge in [-0.05, 0) is 49.8 Å². The van der Waals surface area contributed by atoms with Gasteiger partial charge < -0.3 is 10.4 Å². The minimum atomic E-state index is -0.145. The zero-order valence-corrected chi connectivity index (χ0v) is 11.8. The maximum Gasteiger partial charge on any atom is 0.126 e. The molecule has 1 aromatic carbocycles. The molecular formula is C16H24FNO. The maximum atomic E-state index is 13.6. The van der Waals surface area contributed by atoms with Gasteiger partial charge in [0, 0.05) is 18.7 Å². The molecule has 106 valence electrons. The summed E-state index contributed by atoms with van der Waals surface area (Å²) in [6, 6.07) is 5.88. The van der Waals surface area contributed by atoms with Gasteiger partial charge in [-0.1, -0.05) is 25.0 Å². The Bertz CT molecular complexity index is 421. The Morgan fingerprint density at radius 3 is 2.79 bits per heavy atom. The van der Waals surface area contributed by atoms with E-state index in [0.717, 1.165) is 18.4 Å². The summed E-state index contributed by atoms with van der Waals surface area (Å²) >= 11 is 0. The fraction of sp³-hybridized carbons (Fsp3) is 0.625. The highest BCUT2D eigenvalue weighted by Gasteiger charge is 2.25. The number of aliphatic hydroxyl groups is 1. The van der Waals surface area contributed by atoms with Crippen LogP contribution in [0.3, 0.4) is 0 Å². The fourth-order valence-corrected chi connectivity index (χ4v) is 2.94. The molecule has 19 heavy (non-hydrogen) atoms. The van der Waals surface area contributed by atoms with Crippen molar-refractivity contribution < 1.29 is 9.50 Å². The number of halogens is 1. The van der Waals surface area contributed by atoms with Gasteiger partial charge in [0.25, 0.3) is 0 Å². The third-order valence-corrected chi connectivity index (χ3v) is 4.30. The average Bonchev–Trinajstić information content (AvgIpc) is 2.42. The van der Waals surface area contributed by atoms with Crippen LogP contribution in [0.25, 0.3) is 0 Å². The lowest BCUT2D eigenvalue weighted by Gasteiger charge is -2.33. The van der Waals surface area contributed by atoms with E-state index in [1.165, 1.54) is 12.8 Å². The van der Waals surface area contributed by atoms with Gasteiger partial charge in [-0.15, -0.1) is 0 Å². The first-order valence-corrected chi connectivity index (χ1v) is 7.24. The van der Waals surface area contributed by atoms with E-state index in [1.54, 1.807) is 13.0 Å². The van der Waals surface area contributed by atoms with Crippen molar-refractivity contribution in [3.8, 4) is 0 Å². The van der Waals surface area contributed by atoms with E-state index in [0.29, 0.717) is 17.5 Å². The Balaban J connectivity index is 2.02. The minimum Gasteiger partial charge on any atom is -0.396 e. The molecule has 0 radical (unpaired) electrons. The number of hydrogen-bond acceptors (Lipinski definition) is 2. The minimum absolute atomic E-state index is 0.118. The molecule has 3 heteroatoms. The average molecular weight is 265 g/mol. The van der Waals surface area contributed by atoms with E-state index in [9.17, 15) is 9.50 Å². The molecule has 1 aliphatic rings. The second kappa shape index (κ2) is 6.49. The lowest BCUT2D eigenvalue weighted by atomic mass is 9.84. The molecule has 0 aromatic heterocycles. The van der Waals surface area contributed by atoms with E-state index < -0.39 is 0 Å². The molecular weight excluding hydrogens is 241 g/mol. The molecule has 2 N–H and O–H groups in total. The Hall–Kier alpha value is -0.930. The topological polar surface area (TPSA) is 32.3 Å². The molecule has 1 aromatic rings. The molecule has 1 aliphatic carbocycles. The zero-order chi connectivity index (χ0) is 13.8. The van der Waals surface area contributed by atoms with Gasteiger partial charge in [-0.2, -0.15) is 0 Å². The lowest BCUT2D eigenvalue weighted by molar-refractivity contribution is 0.147. The number of aryl methyl sites for hydroxylation is 1. The van der Waals surface area contributed by atoms with Crippen LogP contribution in [0.2, 0.25) is 0 Å². The van der Waals surface area contributed by atoms with E-state index in [2.05, 4.69) is 12.2 Å². The summed E-state index contributed by atoms with van der Waals surface area (Å²) in [7, 11) is 0. The van der Waals surface area contributed by atoms with E-state index in [4.69, 9.17) is 0 Å². The second-order valence-corrected chi connectivity index (χ2v) is 5.73. The van der Waals surface area contributed by atoms with Crippen molar-refractivity contribution in [3.63, 3.8) is 0 Å². The summed E-state index contributed by atoms with van der Waals surface area (Å²) < 4.78 is 13.6. The standard InChI is InChI=1S/C16H24FNO/c1-11-7-8-13(9-15(11)17)12(2)18-16-6-4-3-5-14(16)10-19/h7-9,12,14,16,18-19H,3-6,10H2,1-2H3. The number of nitrogens with one attached hydrogen (secondary N) is 1. The Labute approximate surface area is 115 Å². The predicted octanol–water partition coefficient (Wildman–Crippen LogP) is 3.34. The van der Waals surface area contributed by atoms with Crippen LogP contribution >= 0.6 is 0 Å². The largest absolute Gasteiger partial charge is 0.396 e. The molecule has 2 nitrogen and oxygen atoms in total. The third-order valence-electron chi connectivity index (χ3n) is 4.30. The first-order valence-electron chi connectivity index (χ1n) is 7.24. The Morgan fingerprint density at radius 2 is 2.11 bits per heavy atom. The number of benzene rings is 1. The molecule has 0 amide bonds. The molecule has 0 spiro atoms. The van der Waals surface area contributed by atoms with Crippen molar-refractivity contribution in [2.75, 3.05) is 6.61 Å². The molecule has 1 fully saturated rings. The molecule has 3 unspecified atom stereocenters. The van der Waals surface area contributed by atoms with E-state index in [1.807, 2.05) is 12.1 Å². The van der Waals surface area contributed by atoms with Crippen molar-refractivity contribution >= 4 is 0 Å². The van der Waals surface area contributed by atoms with Gasteiger partial charge in [-0.25, -0.2) is 4.39 Å². The number of hydrogen-bond donors (Lipinski definition) is 2. The normalized spacial score (nSPS) is 25.3. The second-order valence-electron chi connectivity index (χ2n) is 5.73. The van der Waals surface area contributed by atoms with Crippen molar-refractivity contribution in [1.29, 1.82) is 0 Å². The van der Waals surface area contributed by atoms with Gasteiger partial charge in [0.2, 0.25) is 0 Å². The fourth-order valence-electron chi connectivity index (χ4n) is 2.94. The smallest absolute Gasteiger partial charge is 0.126 e. The molecule has 0 saturated heterocycles. The third kappa shape index (κ3) is 3.54. The SMILES string of the molecule is Cc1ccc(C(C)NC2CCCCC2CO)cc1F. The van der Waals surface area contributed by atoms with Crippen molar-refractivity contribution in [1.82, 2.24) is 5.32 Å². The van der Waals surface area contributed by atoms with Gasteiger partial charge in [0.1, 0.15) is 5.82 Å². The molecule has 0 heterocycles. The summed E-state index contributed by atoms with van der Waals surface area (Å²) in [6.45, 7) is 4.08. The van der Waals surface area contributed by atoms with Gasteiger partial charge >= 0.3 is 0 Å². The van der Waals surface area contributed by atoms with Crippen molar-refractivity contribution in [2.24, 2.45) is 5.92 Å². The maximum absolute atomic E-state index is 13.6. The number of aliphatic hydroxyl groups excluding tert-OH is 1. The van der Waals surface area contributed by atoms with Crippen LogP contribution in [0.4, 0.5) is 4.39 Å². The van der Waals surface area contributed by atoms with E-state index >= 15 is 0 Å². The van der Waals surface area contributed by atoms with Crippen LogP contribution in [-0.2, 0) is 0 Å². The van der Waals surface area contributed by atoms with Crippen LogP contribution in [0, 0.1) is 18.7 Å². The van der Waals surface area contributed by atoms with Gasteiger partial charge in [0.05, 0.1) is 0 Å². The molecule has 1 saturated carbocycles.